The van der Waals surface area contributed by atoms with Gasteiger partial charge in [-0.2, -0.15) is 13.9 Å². The fourth-order valence-corrected chi connectivity index (χ4v) is 2.87. The van der Waals surface area contributed by atoms with E-state index in [4.69, 9.17) is 0 Å². The molecule has 2 heterocycles. The molecule has 0 fully saturated rings. The van der Waals surface area contributed by atoms with Crippen LogP contribution in [0.15, 0.2) is 36.5 Å². The number of para-hydroxylation sites is 1. The maximum atomic E-state index is 12.9. The number of alkyl halides is 2. The monoisotopic (exact) mass is 344 g/mol. The number of carbonyl (C=O) groups excluding carboxylic acids is 1. The van der Waals surface area contributed by atoms with Gasteiger partial charge in [-0.25, -0.2) is 4.68 Å². The highest BCUT2D eigenvalue weighted by atomic mass is 19.3. The van der Waals surface area contributed by atoms with Crippen molar-refractivity contribution in [1.82, 2.24) is 20.1 Å². The van der Waals surface area contributed by atoms with Crippen molar-refractivity contribution in [2.45, 2.75) is 33.4 Å². The van der Waals surface area contributed by atoms with Gasteiger partial charge in [-0.15, -0.1) is 0 Å². The van der Waals surface area contributed by atoms with Gasteiger partial charge in [0.25, 0.3) is 0 Å². The third-order valence-corrected chi connectivity index (χ3v) is 4.21. The number of carbonyl (C=O) groups is 1. The second-order valence-corrected chi connectivity index (χ2v) is 5.81. The number of halogens is 2. The molecule has 25 heavy (non-hydrogen) atoms. The maximum absolute atomic E-state index is 12.9. The first-order chi connectivity index (χ1) is 12.0. The van der Waals surface area contributed by atoms with Crippen molar-refractivity contribution in [3.63, 3.8) is 0 Å². The summed E-state index contributed by atoms with van der Waals surface area (Å²) in [5.41, 5.74) is 3.12. The van der Waals surface area contributed by atoms with Crippen molar-refractivity contribution < 1.29 is 13.6 Å². The largest absolute Gasteiger partial charge is 0.352 e. The summed E-state index contributed by atoms with van der Waals surface area (Å²) in [6.07, 6.45) is 1.72. The normalized spacial score (nSPS) is 11.2. The van der Waals surface area contributed by atoms with E-state index < -0.39 is 6.55 Å². The molecule has 0 aliphatic rings. The van der Waals surface area contributed by atoms with E-state index in [1.165, 1.54) is 0 Å². The second kappa shape index (κ2) is 6.96. The van der Waals surface area contributed by atoms with Gasteiger partial charge in [-0.3, -0.25) is 9.78 Å². The van der Waals surface area contributed by atoms with E-state index in [2.05, 4.69) is 15.4 Å². The smallest absolute Gasteiger partial charge is 0.333 e. The van der Waals surface area contributed by atoms with Gasteiger partial charge in [0, 0.05) is 29.4 Å². The minimum absolute atomic E-state index is 0.0212. The van der Waals surface area contributed by atoms with Crippen molar-refractivity contribution in [3.05, 3.63) is 59.0 Å². The van der Waals surface area contributed by atoms with E-state index in [9.17, 15) is 13.6 Å². The standard InChI is InChI=1S/C18H18F2N4O/c1-11-15(12(2)24(23-11)18(19)20)9-17(25)22-10-13-7-8-21-16-6-4-3-5-14(13)16/h3-8,18H,9-10H2,1-2H3,(H,22,25). The molecule has 3 aromatic rings. The lowest BCUT2D eigenvalue weighted by atomic mass is 10.1. The number of hydrogen-bond acceptors (Lipinski definition) is 3. The van der Waals surface area contributed by atoms with Gasteiger partial charge in [-0.1, -0.05) is 18.2 Å². The molecule has 1 aromatic carbocycles. The Hall–Kier alpha value is -2.83. The van der Waals surface area contributed by atoms with Gasteiger partial charge in [0.05, 0.1) is 17.6 Å². The molecule has 0 radical (unpaired) electrons. The molecule has 0 bridgehead atoms. The molecule has 2 aromatic heterocycles. The summed E-state index contributed by atoms with van der Waals surface area (Å²) in [6, 6.07) is 9.54. The van der Waals surface area contributed by atoms with Gasteiger partial charge in [-0.05, 0) is 31.5 Å². The number of pyridine rings is 1. The molecule has 1 amide bonds. The lowest BCUT2D eigenvalue weighted by Crippen LogP contribution is -2.25. The Bertz CT molecular complexity index is 915. The van der Waals surface area contributed by atoms with E-state index in [0.29, 0.717) is 28.2 Å². The molecule has 0 aliphatic carbocycles. The van der Waals surface area contributed by atoms with E-state index in [1.807, 2.05) is 30.3 Å². The van der Waals surface area contributed by atoms with Crippen LogP contribution in [0.25, 0.3) is 10.9 Å². The Morgan fingerprint density at radius 2 is 2.00 bits per heavy atom. The predicted octanol–water partition coefficient (Wildman–Crippen LogP) is 3.30. The van der Waals surface area contributed by atoms with Crippen molar-refractivity contribution >= 4 is 16.8 Å². The average molecular weight is 344 g/mol. The van der Waals surface area contributed by atoms with Crippen molar-refractivity contribution in [2.24, 2.45) is 0 Å². The van der Waals surface area contributed by atoms with Crippen LogP contribution in [0.4, 0.5) is 8.78 Å². The van der Waals surface area contributed by atoms with Gasteiger partial charge in [0.2, 0.25) is 5.91 Å². The highest BCUT2D eigenvalue weighted by molar-refractivity contribution is 5.83. The number of nitrogens with zero attached hydrogens (tertiary/aromatic N) is 3. The van der Waals surface area contributed by atoms with Crippen molar-refractivity contribution in [3.8, 4) is 0 Å². The van der Waals surface area contributed by atoms with Crippen LogP contribution in [0.1, 0.15) is 29.1 Å². The Balaban J connectivity index is 1.71. The molecule has 0 saturated heterocycles. The van der Waals surface area contributed by atoms with Crippen LogP contribution in [0, 0.1) is 13.8 Å². The molecule has 7 heteroatoms. The fourth-order valence-electron chi connectivity index (χ4n) is 2.87. The Morgan fingerprint density at radius 1 is 1.24 bits per heavy atom. The van der Waals surface area contributed by atoms with E-state index >= 15 is 0 Å². The first kappa shape index (κ1) is 17.0. The van der Waals surface area contributed by atoms with E-state index in [0.717, 1.165) is 16.5 Å². The predicted molar refractivity (Wildman–Crippen MR) is 90.2 cm³/mol. The first-order valence-electron chi connectivity index (χ1n) is 7.89. The van der Waals surface area contributed by atoms with Gasteiger partial charge in [0.15, 0.2) is 0 Å². The molecule has 0 saturated carbocycles. The number of aryl methyl sites for hydroxylation is 1. The summed E-state index contributed by atoms with van der Waals surface area (Å²) < 4.78 is 26.4. The molecule has 1 N–H and O–H groups in total. The summed E-state index contributed by atoms with van der Waals surface area (Å²) in [5.74, 6) is -0.235. The van der Waals surface area contributed by atoms with Gasteiger partial charge in [0.1, 0.15) is 0 Å². The summed E-state index contributed by atoms with van der Waals surface area (Å²) in [6.45, 7) is 0.817. The number of rotatable bonds is 5. The number of nitrogens with one attached hydrogen (secondary N) is 1. The number of amides is 1. The first-order valence-corrected chi connectivity index (χ1v) is 7.89. The molecule has 5 nitrogen and oxygen atoms in total. The van der Waals surface area contributed by atoms with Crippen LogP contribution in [0.2, 0.25) is 0 Å². The Morgan fingerprint density at radius 3 is 2.72 bits per heavy atom. The summed E-state index contributed by atoms with van der Waals surface area (Å²) in [4.78, 5) is 16.5. The molecule has 0 aliphatic heterocycles. The maximum Gasteiger partial charge on any atom is 0.333 e. The fraction of sp³-hybridized carbons (Fsp3) is 0.278. The van der Waals surface area contributed by atoms with Crippen LogP contribution in [-0.4, -0.2) is 20.7 Å². The quantitative estimate of drug-likeness (QED) is 0.772. The minimum atomic E-state index is -2.71. The number of fused-ring (bicyclic) bond motifs is 1. The molecular weight excluding hydrogens is 326 g/mol. The van der Waals surface area contributed by atoms with Crippen LogP contribution in [0.3, 0.4) is 0 Å². The van der Waals surface area contributed by atoms with Crippen molar-refractivity contribution in [2.75, 3.05) is 0 Å². The minimum Gasteiger partial charge on any atom is -0.352 e. The lowest BCUT2D eigenvalue weighted by molar-refractivity contribution is -0.120. The highest BCUT2D eigenvalue weighted by Gasteiger charge is 2.19. The van der Waals surface area contributed by atoms with Crippen LogP contribution >= 0.6 is 0 Å². The summed E-state index contributed by atoms with van der Waals surface area (Å²) in [7, 11) is 0. The molecule has 130 valence electrons. The van der Waals surface area contributed by atoms with Crippen molar-refractivity contribution in [1.29, 1.82) is 0 Å². The number of benzene rings is 1. The van der Waals surface area contributed by atoms with Crippen LogP contribution in [-0.2, 0) is 17.8 Å². The Labute approximate surface area is 143 Å². The Kier molecular flexibility index (Phi) is 4.74. The third-order valence-electron chi connectivity index (χ3n) is 4.21. The molecule has 0 atom stereocenters. The number of hydrogen-bond donors (Lipinski definition) is 1. The summed E-state index contributed by atoms with van der Waals surface area (Å²) >= 11 is 0. The van der Waals surface area contributed by atoms with Crippen LogP contribution in [0.5, 0.6) is 0 Å². The summed E-state index contributed by atoms with van der Waals surface area (Å²) in [5, 5.41) is 7.62. The average Bonchev–Trinajstić information content (AvgIpc) is 2.88. The number of aromatic nitrogens is 3. The van der Waals surface area contributed by atoms with Gasteiger partial charge < -0.3 is 5.32 Å². The molecule has 0 spiro atoms. The zero-order valence-electron chi connectivity index (χ0n) is 14.0. The highest BCUT2D eigenvalue weighted by Crippen LogP contribution is 2.20. The zero-order chi connectivity index (χ0) is 18.0. The van der Waals surface area contributed by atoms with Crippen LogP contribution < -0.4 is 5.32 Å². The van der Waals surface area contributed by atoms with Gasteiger partial charge >= 0.3 is 6.55 Å². The molecule has 3 rings (SSSR count). The third kappa shape index (κ3) is 3.50. The molecular formula is C18H18F2N4O. The SMILES string of the molecule is Cc1nn(C(F)F)c(C)c1CC(=O)NCc1ccnc2ccccc12. The topological polar surface area (TPSA) is 59.8 Å². The molecule has 0 unspecified atom stereocenters. The second-order valence-electron chi connectivity index (χ2n) is 5.81. The van der Waals surface area contributed by atoms with E-state index in [-0.39, 0.29) is 12.3 Å². The zero-order valence-corrected chi connectivity index (χ0v) is 14.0. The lowest BCUT2D eigenvalue weighted by Gasteiger charge is -2.08. The van der Waals surface area contributed by atoms with E-state index in [1.54, 1.807) is 20.0 Å².